The Bertz CT molecular complexity index is 307. The summed E-state index contributed by atoms with van der Waals surface area (Å²) in [7, 11) is 2.07. The Hall–Kier alpha value is -0.200. The van der Waals surface area contributed by atoms with Crippen molar-refractivity contribution in [3.63, 3.8) is 0 Å². The van der Waals surface area contributed by atoms with Gasteiger partial charge in [0.1, 0.15) is 0 Å². The number of morpholine rings is 1. The van der Waals surface area contributed by atoms with Gasteiger partial charge in [-0.1, -0.05) is 0 Å². The predicted molar refractivity (Wildman–Crippen MR) is 72.1 cm³/mol. The van der Waals surface area contributed by atoms with Crippen LogP contribution in [0.4, 0.5) is 0 Å². The van der Waals surface area contributed by atoms with Gasteiger partial charge in [-0.3, -0.25) is 4.90 Å². The molecular weight excluding hydrogens is 244 g/mol. The topological polar surface area (TPSA) is 43.0 Å². The molecule has 110 valence electrons. The molecule has 3 rings (SSSR count). The van der Waals surface area contributed by atoms with Gasteiger partial charge in [0.05, 0.1) is 25.9 Å². The monoisotopic (exact) mass is 270 g/mol. The van der Waals surface area contributed by atoms with Crippen molar-refractivity contribution in [1.82, 2.24) is 10.2 Å². The summed E-state index contributed by atoms with van der Waals surface area (Å²) in [6.45, 7) is 6.51. The standard InChI is InChI=1S/C14H26N2O3/c1-11-10-16(5-6-17-11)13-9-14(18-7-8-19-14)4-3-12(13)15-2/h11-13,15H,3-10H2,1-2H3. The summed E-state index contributed by atoms with van der Waals surface area (Å²) >= 11 is 0. The summed E-state index contributed by atoms with van der Waals surface area (Å²) in [5.41, 5.74) is 0. The third kappa shape index (κ3) is 2.81. The van der Waals surface area contributed by atoms with E-state index < -0.39 is 0 Å². The van der Waals surface area contributed by atoms with E-state index in [9.17, 15) is 0 Å². The van der Waals surface area contributed by atoms with Gasteiger partial charge in [0.25, 0.3) is 0 Å². The zero-order chi connectivity index (χ0) is 13.3. The van der Waals surface area contributed by atoms with E-state index in [1.165, 1.54) is 0 Å². The Morgan fingerprint density at radius 3 is 2.68 bits per heavy atom. The number of hydrogen-bond donors (Lipinski definition) is 1. The molecule has 2 saturated heterocycles. The van der Waals surface area contributed by atoms with Crippen molar-refractivity contribution in [2.24, 2.45) is 0 Å². The van der Waals surface area contributed by atoms with Crippen molar-refractivity contribution < 1.29 is 14.2 Å². The van der Waals surface area contributed by atoms with Gasteiger partial charge in [0.15, 0.2) is 5.79 Å². The summed E-state index contributed by atoms with van der Waals surface area (Å²) in [5.74, 6) is -0.306. The smallest absolute Gasteiger partial charge is 0.170 e. The van der Waals surface area contributed by atoms with E-state index >= 15 is 0 Å². The average Bonchev–Trinajstić information content (AvgIpc) is 2.87. The zero-order valence-electron chi connectivity index (χ0n) is 12.1. The van der Waals surface area contributed by atoms with E-state index in [4.69, 9.17) is 14.2 Å². The molecule has 3 atom stereocenters. The second kappa shape index (κ2) is 5.66. The molecule has 3 unspecified atom stereocenters. The fraction of sp³-hybridized carbons (Fsp3) is 1.00. The Balaban J connectivity index is 1.71. The van der Waals surface area contributed by atoms with Crippen LogP contribution in [0.5, 0.6) is 0 Å². The molecule has 3 aliphatic rings. The molecule has 1 N–H and O–H groups in total. The molecule has 0 amide bonds. The number of ether oxygens (including phenoxy) is 3. The van der Waals surface area contributed by atoms with Crippen LogP contribution in [0.25, 0.3) is 0 Å². The van der Waals surface area contributed by atoms with Crippen LogP contribution in [-0.4, -0.2) is 68.8 Å². The van der Waals surface area contributed by atoms with Gasteiger partial charge in [0, 0.05) is 38.0 Å². The second-order valence-corrected chi connectivity index (χ2v) is 5.99. The Kier molecular flexibility index (Phi) is 4.10. The summed E-state index contributed by atoms with van der Waals surface area (Å²) in [6, 6.07) is 1.02. The second-order valence-electron chi connectivity index (χ2n) is 5.99. The van der Waals surface area contributed by atoms with Gasteiger partial charge in [-0.15, -0.1) is 0 Å². The summed E-state index contributed by atoms with van der Waals surface area (Å²) < 4.78 is 17.5. The first-order chi connectivity index (χ1) is 9.22. The van der Waals surface area contributed by atoms with E-state index in [-0.39, 0.29) is 5.79 Å². The van der Waals surface area contributed by atoms with Crippen LogP contribution in [0.2, 0.25) is 0 Å². The normalized spacial score (nSPS) is 39.8. The number of nitrogens with zero attached hydrogens (tertiary/aromatic N) is 1. The highest BCUT2D eigenvalue weighted by atomic mass is 16.7. The first-order valence-corrected chi connectivity index (χ1v) is 7.53. The summed E-state index contributed by atoms with van der Waals surface area (Å²) in [5, 5.41) is 3.48. The summed E-state index contributed by atoms with van der Waals surface area (Å²) in [6.07, 6.45) is 3.43. The van der Waals surface area contributed by atoms with Gasteiger partial charge >= 0.3 is 0 Å². The Labute approximate surface area is 115 Å². The van der Waals surface area contributed by atoms with Gasteiger partial charge < -0.3 is 19.5 Å². The van der Waals surface area contributed by atoms with E-state index in [1.807, 2.05) is 0 Å². The van der Waals surface area contributed by atoms with Crippen molar-refractivity contribution in [3.8, 4) is 0 Å². The number of hydrogen-bond acceptors (Lipinski definition) is 5. The van der Waals surface area contributed by atoms with Crippen LogP contribution < -0.4 is 5.32 Å². The Morgan fingerprint density at radius 2 is 2.00 bits per heavy atom. The van der Waals surface area contributed by atoms with Crippen LogP contribution in [0.3, 0.4) is 0 Å². The fourth-order valence-corrected chi connectivity index (χ4v) is 3.76. The maximum atomic E-state index is 5.91. The highest BCUT2D eigenvalue weighted by molar-refractivity contribution is 4.97. The van der Waals surface area contributed by atoms with E-state index in [0.29, 0.717) is 18.2 Å². The van der Waals surface area contributed by atoms with Gasteiger partial charge in [-0.25, -0.2) is 0 Å². The minimum absolute atomic E-state index is 0.306. The quantitative estimate of drug-likeness (QED) is 0.795. The maximum absolute atomic E-state index is 5.91. The van der Waals surface area contributed by atoms with Crippen LogP contribution >= 0.6 is 0 Å². The highest BCUT2D eigenvalue weighted by Gasteiger charge is 2.46. The van der Waals surface area contributed by atoms with Crippen LogP contribution in [0, 0.1) is 0 Å². The fourth-order valence-electron chi connectivity index (χ4n) is 3.76. The molecule has 0 aromatic rings. The average molecular weight is 270 g/mol. The van der Waals surface area contributed by atoms with E-state index in [1.54, 1.807) is 0 Å². The molecule has 0 bridgehead atoms. The molecule has 1 spiro atoms. The molecule has 0 aromatic heterocycles. The molecule has 1 aliphatic carbocycles. The van der Waals surface area contributed by atoms with Crippen molar-refractivity contribution in [2.45, 2.75) is 50.2 Å². The Morgan fingerprint density at radius 1 is 1.21 bits per heavy atom. The molecule has 0 aromatic carbocycles. The lowest BCUT2D eigenvalue weighted by Crippen LogP contribution is -2.60. The molecule has 5 heteroatoms. The minimum atomic E-state index is -0.306. The van der Waals surface area contributed by atoms with E-state index in [2.05, 4.69) is 24.2 Å². The zero-order valence-corrected chi connectivity index (χ0v) is 12.1. The predicted octanol–water partition coefficient (Wildman–Crippen LogP) is 0.591. The molecule has 3 fully saturated rings. The minimum Gasteiger partial charge on any atom is -0.376 e. The lowest BCUT2D eigenvalue weighted by molar-refractivity contribution is -0.197. The first-order valence-electron chi connectivity index (χ1n) is 7.53. The molecule has 0 radical (unpaired) electrons. The third-order valence-electron chi connectivity index (χ3n) is 4.75. The summed E-state index contributed by atoms with van der Waals surface area (Å²) in [4.78, 5) is 2.56. The lowest BCUT2D eigenvalue weighted by Gasteiger charge is -2.47. The van der Waals surface area contributed by atoms with Crippen LogP contribution in [0.1, 0.15) is 26.2 Å². The van der Waals surface area contributed by atoms with Crippen molar-refractivity contribution in [1.29, 1.82) is 0 Å². The molecule has 1 saturated carbocycles. The van der Waals surface area contributed by atoms with E-state index in [0.717, 1.165) is 52.2 Å². The molecule has 2 aliphatic heterocycles. The highest BCUT2D eigenvalue weighted by Crippen LogP contribution is 2.38. The van der Waals surface area contributed by atoms with Crippen molar-refractivity contribution >= 4 is 0 Å². The van der Waals surface area contributed by atoms with Crippen LogP contribution in [-0.2, 0) is 14.2 Å². The number of nitrogens with one attached hydrogen (secondary N) is 1. The largest absolute Gasteiger partial charge is 0.376 e. The number of rotatable bonds is 2. The molecule has 5 nitrogen and oxygen atoms in total. The molecule has 19 heavy (non-hydrogen) atoms. The third-order valence-corrected chi connectivity index (χ3v) is 4.75. The van der Waals surface area contributed by atoms with Crippen molar-refractivity contribution in [3.05, 3.63) is 0 Å². The van der Waals surface area contributed by atoms with Gasteiger partial charge in [-0.2, -0.15) is 0 Å². The van der Waals surface area contributed by atoms with Crippen molar-refractivity contribution in [2.75, 3.05) is 40.0 Å². The molecular formula is C14H26N2O3. The van der Waals surface area contributed by atoms with Crippen LogP contribution in [0.15, 0.2) is 0 Å². The molecule has 2 heterocycles. The first kappa shape index (κ1) is 13.8. The van der Waals surface area contributed by atoms with Gasteiger partial charge in [0.2, 0.25) is 0 Å². The SMILES string of the molecule is CNC1CCC2(CC1N1CCOC(C)C1)OCCO2. The lowest BCUT2D eigenvalue weighted by atomic mass is 9.84. The van der Waals surface area contributed by atoms with Gasteiger partial charge in [-0.05, 0) is 20.4 Å². The number of likely N-dealkylation sites (N-methyl/N-ethyl adjacent to an activating group) is 1. The maximum Gasteiger partial charge on any atom is 0.170 e.